The molecule has 0 bridgehead atoms. The lowest BCUT2D eigenvalue weighted by atomic mass is 10.0. The van der Waals surface area contributed by atoms with Gasteiger partial charge in [-0.3, -0.25) is 4.79 Å². The van der Waals surface area contributed by atoms with Gasteiger partial charge in [0.1, 0.15) is 0 Å². The highest BCUT2D eigenvalue weighted by Crippen LogP contribution is 2.14. The van der Waals surface area contributed by atoms with Gasteiger partial charge in [-0.1, -0.05) is 60.7 Å². The number of benzene rings is 2. The number of rotatable bonds is 4. The first kappa shape index (κ1) is 12.4. The van der Waals surface area contributed by atoms with Crippen molar-refractivity contribution in [3.63, 3.8) is 0 Å². The SMILES string of the molecule is C[C@@H](C(=O)NCc1ccccc1)c1ccccc1. The number of nitrogens with one attached hydrogen (secondary N) is 1. The van der Waals surface area contributed by atoms with Gasteiger partial charge in [-0.2, -0.15) is 0 Å². The maximum Gasteiger partial charge on any atom is 0.227 e. The van der Waals surface area contributed by atoms with Crippen LogP contribution in [0.4, 0.5) is 0 Å². The maximum atomic E-state index is 12.0. The number of carbonyl (C=O) groups is 1. The van der Waals surface area contributed by atoms with Crippen molar-refractivity contribution in [1.82, 2.24) is 5.32 Å². The Bertz CT molecular complexity index is 493. The highest BCUT2D eigenvalue weighted by Gasteiger charge is 2.13. The quantitative estimate of drug-likeness (QED) is 0.872. The highest BCUT2D eigenvalue weighted by molar-refractivity contribution is 5.83. The van der Waals surface area contributed by atoms with Gasteiger partial charge in [-0.25, -0.2) is 0 Å². The first-order valence-electron chi connectivity index (χ1n) is 6.14. The normalized spacial score (nSPS) is 11.8. The Hall–Kier alpha value is -2.09. The molecular formula is C16H17NO. The van der Waals surface area contributed by atoms with E-state index in [1.54, 1.807) is 0 Å². The Kier molecular flexibility index (Phi) is 4.13. The van der Waals surface area contributed by atoms with E-state index in [2.05, 4.69) is 5.32 Å². The third-order valence-electron chi connectivity index (χ3n) is 3.00. The molecule has 0 aliphatic rings. The average Bonchev–Trinajstić information content (AvgIpc) is 2.46. The summed E-state index contributed by atoms with van der Waals surface area (Å²) in [5.74, 6) is -0.0556. The summed E-state index contributed by atoms with van der Waals surface area (Å²) in [7, 11) is 0. The van der Waals surface area contributed by atoms with Crippen LogP contribution in [0.2, 0.25) is 0 Å². The molecule has 0 aromatic heterocycles. The minimum absolute atomic E-state index is 0.0602. The summed E-state index contributed by atoms with van der Waals surface area (Å²) in [5, 5.41) is 2.96. The van der Waals surface area contributed by atoms with Crippen molar-refractivity contribution >= 4 is 5.91 Å². The van der Waals surface area contributed by atoms with Crippen molar-refractivity contribution < 1.29 is 4.79 Å². The van der Waals surface area contributed by atoms with Gasteiger partial charge in [0.15, 0.2) is 0 Å². The van der Waals surface area contributed by atoms with E-state index in [4.69, 9.17) is 0 Å². The Morgan fingerprint density at radius 2 is 1.56 bits per heavy atom. The van der Waals surface area contributed by atoms with Gasteiger partial charge in [0, 0.05) is 6.54 Å². The first-order valence-corrected chi connectivity index (χ1v) is 6.14. The average molecular weight is 239 g/mol. The van der Waals surface area contributed by atoms with Crippen molar-refractivity contribution in [1.29, 1.82) is 0 Å². The molecule has 1 amide bonds. The maximum absolute atomic E-state index is 12.0. The van der Waals surface area contributed by atoms with Crippen molar-refractivity contribution in [2.45, 2.75) is 19.4 Å². The topological polar surface area (TPSA) is 29.1 Å². The molecule has 2 heteroatoms. The molecule has 1 N–H and O–H groups in total. The van der Waals surface area contributed by atoms with Gasteiger partial charge in [-0.05, 0) is 18.1 Å². The largest absolute Gasteiger partial charge is 0.352 e. The Labute approximate surface area is 108 Å². The Morgan fingerprint density at radius 3 is 2.17 bits per heavy atom. The van der Waals surface area contributed by atoms with E-state index in [0.717, 1.165) is 11.1 Å². The van der Waals surface area contributed by atoms with Crippen molar-refractivity contribution in [3.05, 3.63) is 71.8 Å². The van der Waals surface area contributed by atoms with E-state index < -0.39 is 0 Å². The summed E-state index contributed by atoms with van der Waals surface area (Å²) in [5.41, 5.74) is 2.16. The van der Waals surface area contributed by atoms with Gasteiger partial charge in [0.25, 0.3) is 0 Å². The molecule has 2 aromatic rings. The van der Waals surface area contributed by atoms with E-state index in [9.17, 15) is 4.79 Å². The van der Waals surface area contributed by atoms with Crippen molar-refractivity contribution in [2.75, 3.05) is 0 Å². The molecule has 1 atom stereocenters. The molecule has 2 aromatic carbocycles. The molecule has 2 nitrogen and oxygen atoms in total. The lowest BCUT2D eigenvalue weighted by Gasteiger charge is -2.12. The fourth-order valence-corrected chi connectivity index (χ4v) is 1.83. The van der Waals surface area contributed by atoms with Crippen LogP contribution in [-0.4, -0.2) is 5.91 Å². The Morgan fingerprint density at radius 1 is 1.00 bits per heavy atom. The van der Waals surface area contributed by atoms with Crippen LogP contribution in [0.1, 0.15) is 24.0 Å². The van der Waals surface area contributed by atoms with Crippen LogP contribution in [0.3, 0.4) is 0 Å². The van der Waals surface area contributed by atoms with Crippen LogP contribution in [0, 0.1) is 0 Å². The summed E-state index contributed by atoms with van der Waals surface area (Å²) in [4.78, 5) is 12.0. The van der Waals surface area contributed by atoms with E-state index in [1.807, 2.05) is 67.6 Å². The van der Waals surface area contributed by atoms with Gasteiger partial charge in [0.2, 0.25) is 5.91 Å². The van der Waals surface area contributed by atoms with Gasteiger partial charge in [0.05, 0.1) is 5.92 Å². The smallest absolute Gasteiger partial charge is 0.227 e. The molecule has 18 heavy (non-hydrogen) atoms. The summed E-state index contributed by atoms with van der Waals surface area (Å²) in [6.07, 6.45) is 0. The van der Waals surface area contributed by atoms with Gasteiger partial charge >= 0.3 is 0 Å². The molecule has 0 saturated carbocycles. The molecule has 0 aliphatic heterocycles. The van der Waals surface area contributed by atoms with E-state index >= 15 is 0 Å². The number of hydrogen-bond donors (Lipinski definition) is 1. The standard InChI is InChI=1S/C16H17NO/c1-13(15-10-6-3-7-11-15)16(18)17-12-14-8-4-2-5-9-14/h2-11,13H,12H2,1H3,(H,17,18)/t13-/m1/s1. The van der Waals surface area contributed by atoms with Crippen LogP contribution in [0.5, 0.6) is 0 Å². The van der Waals surface area contributed by atoms with Crippen molar-refractivity contribution in [3.8, 4) is 0 Å². The molecule has 0 aliphatic carbocycles. The van der Waals surface area contributed by atoms with Crippen molar-refractivity contribution in [2.24, 2.45) is 0 Å². The van der Waals surface area contributed by atoms with Gasteiger partial charge < -0.3 is 5.32 Å². The molecule has 0 saturated heterocycles. The fraction of sp³-hybridized carbons (Fsp3) is 0.188. The predicted octanol–water partition coefficient (Wildman–Crippen LogP) is 3.11. The fourth-order valence-electron chi connectivity index (χ4n) is 1.83. The number of hydrogen-bond acceptors (Lipinski definition) is 1. The monoisotopic (exact) mass is 239 g/mol. The minimum Gasteiger partial charge on any atom is -0.352 e. The van der Waals surface area contributed by atoms with E-state index in [1.165, 1.54) is 0 Å². The molecule has 0 heterocycles. The molecule has 0 unspecified atom stereocenters. The van der Waals surface area contributed by atoms with Crippen LogP contribution in [0.25, 0.3) is 0 Å². The second kappa shape index (κ2) is 6.01. The summed E-state index contributed by atoms with van der Waals surface area (Å²) >= 11 is 0. The molecule has 0 radical (unpaired) electrons. The molecular weight excluding hydrogens is 222 g/mol. The first-order chi connectivity index (χ1) is 8.77. The van der Waals surface area contributed by atoms with E-state index in [-0.39, 0.29) is 11.8 Å². The van der Waals surface area contributed by atoms with Crippen LogP contribution in [0.15, 0.2) is 60.7 Å². The van der Waals surface area contributed by atoms with Crippen LogP contribution < -0.4 is 5.32 Å². The van der Waals surface area contributed by atoms with E-state index in [0.29, 0.717) is 6.54 Å². The summed E-state index contributed by atoms with van der Waals surface area (Å²) in [6, 6.07) is 19.8. The Balaban J connectivity index is 1.93. The van der Waals surface area contributed by atoms with Gasteiger partial charge in [-0.15, -0.1) is 0 Å². The molecule has 2 rings (SSSR count). The third kappa shape index (κ3) is 3.20. The molecule has 92 valence electrons. The minimum atomic E-state index is -0.116. The predicted molar refractivity (Wildman–Crippen MR) is 73.1 cm³/mol. The molecule has 0 spiro atoms. The number of carbonyl (C=O) groups excluding carboxylic acids is 1. The second-order valence-corrected chi connectivity index (χ2v) is 4.34. The lowest BCUT2D eigenvalue weighted by molar-refractivity contribution is -0.122. The molecule has 0 fully saturated rings. The highest BCUT2D eigenvalue weighted by atomic mass is 16.1. The third-order valence-corrected chi connectivity index (χ3v) is 3.00. The zero-order chi connectivity index (χ0) is 12.8. The summed E-state index contributed by atoms with van der Waals surface area (Å²) < 4.78 is 0. The van der Waals surface area contributed by atoms with Crippen LogP contribution in [-0.2, 0) is 11.3 Å². The zero-order valence-electron chi connectivity index (χ0n) is 10.5. The summed E-state index contributed by atoms with van der Waals surface area (Å²) in [6.45, 7) is 2.51. The zero-order valence-corrected chi connectivity index (χ0v) is 10.5. The number of amides is 1. The van der Waals surface area contributed by atoms with Crippen LogP contribution >= 0.6 is 0 Å². The second-order valence-electron chi connectivity index (χ2n) is 4.34. The lowest BCUT2D eigenvalue weighted by Crippen LogP contribution is -2.27.